The Hall–Kier alpha value is -2.36. The van der Waals surface area contributed by atoms with Crippen LogP contribution >= 0.6 is 0 Å². The van der Waals surface area contributed by atoms with Crippen LogP contribution in [-0.2, 0) is 17.6 Å². The Kier molecular flexibility index (Phi) is 5.32. The summed E-state index contributed by atoms with van der Waals surface area (Å²) in [6, 6.07) is 10.0. The number of amides is 1. The highest BCUT2D eigenvalue weighted by molar-refractivity contribution is 6.01. The van der Waals surface area contributed by atoms with E-state index in [1.807, 2.05) is 18.2 Å². The van der Waals surface area contributed by atoms with Crippen LogP contribution in [0.2, 0.25) is 0 Å². The molecule has 0 spiro atoms. The van der Waals surface area contributed by atoms with E-state index in [2.05, 4.69) is 41.5 Å². The zero-order valence-corrected chi connectivity index (χ0v) is 12.5. The number of hydrogen-bond acceptors (Lipinski definition) is 2. The van der Waals surface area contributed by atoms with Crippen LogP contribution in [0.4, 0.5) is 5.82 Å². The van der Waals surface area contributed by atoms with Gasteiger partial charge in [-0.25, -0.2) is 0 Å². The van der Waals surface area contributed by atoms with Gasteiger partial charge in [0.05, 0.1) is 0 Å². The number of nitrogens with zero attached hydrogens (tertiary/aromatic N) is 1. The SMILES string of the molecule is CCCc1cc(NC(=O)/C=C/c2ccc(CC)cc2)n[nH]1. The van der Waals surface area contributed by atoms with Gasteiger partial charge in [-0.1, -0.05) is 44.5 Å². The van der Waals surface area contributed by atoms with E-state index in [1.54, 1.807) is 6.08 Å². The van der Waals surface area contributed by atoms with Crippen molar-refractivity contribution in [3.63, 3.8) is 0 Å². The molecule has 0 unspecified atom stereocenters. The molecule has 0 fully saturated rings. The van der Waals surface area contributed by atoms with Gasteiger partial charge in [0.15, 0.2) is 5.82 Å². The maximum atomic E-state index is 11.8. The van der Waals surface area contributed by atoms with E-state index in [4.69, 9.17) is 0 Å². The fraction of sp³-hybridized carbons (Fsp3) is 0.294. The van der Waals surface area contributed by atoms with Crippen LogP contribution < -0.4 is 5.32 Å². The predicted molar refractivity (Wildman–Crippen MR) is 86.1 cm³/mol. The number of carbonyl (C=O) groups is 1. The summed E-state index contributed by atoms with van der Waals surface area (Å²) in [5, 5.41) is 9.72. The molecule has 2 N–H and O–H groups in total. The molecule has 0 saturated heterocycles. The third-order valence-corrected chi connectivity index (χ3v) is 3.22. The number of aryl methyl sites for hydroxylation is 2. The van der Waals surface area contributed by atoms with Crippen LogP contribution in [0.25, 0.3) is 6.08 Å². The lowest BCUT2D eigenvalue weighted by molar-refractivity contribution is -0.111. The minimum Gasteiger partial charge on any atom is -0.306 e. The van der Waals surface area contributed by atoms with Gasteiger partial charge in [0.2, 0.25) is 5.91 Å². The van der Waals surface area contributed by atoms with Gasteiger partial charge in [-0.3, -0.25) is 9.89 Å². The summed E-state index contributed by atoms with van der Waals surface area (Å²) in [6.45, 7) is 4.22. The average Bonchev–Trinajstić information content (AvgIpc) is 2.93. The van der Waals surface area contributed by atoms with Crippen molar-refractivity contribution in [3.05, 3.63) is 53.2 Å². The molecule has 0 atom stereocenters. The fourth-order valence-corrected chi connectivity index (χ4v) is 2.03. The van der Waals surface area contributed by atoms with E-state index in [0.29, 0.717) is 5.82 Å². The number of benzene rings is 1. The number of hydrogen-bond donors (Lipinski definition) is 2. The van der Waals surface area contributed by atoms with Crippen molar-refractivity contribution >= 4 is 17.8 Å². The second kappa shape index (κ2) is 7.43. The van der Waals surface area contributed by atoms with E-state index in [9.17, 15) is 4.79 Å². The molecular weight excluding hydrogens is 262 g/mol. The van der Waals surface area contributed by atoms with Gasteiger partial charge in [0.25, 0.3) is 0 Å². The molecule has 0 saturated carbocycles. The summed E-state index contributed by atoms with van der Waals surface area (Å²) >= 11 is 0. The third kappa shape index (κ3) is 4.60. The largest absolute Gasteiger partial charge is 0.306 e. The molecule has 21 heavy (non-hydrogen) atoms. The van der Waals surface area contributed by atoms with Crippen molar-refractivity contribution in [1.82, 2.24) is 10.2 Å². The van der Waals surface area contributed by atoms with Crippen LogP contribution in [-0.4, -0.2) is 16.1 Å². The minimum absolute atomic E-state index is 0.177. The molecule has 1 aromatic carbocycles. The monoisotopic (exact) mass is 283 g/mol. The number of carbonyl (C=O) groups excluding carboxylic acids is 1. The highest BCUT2D eigenvalue weighted by Gasteiger charge is 2.02. The lowest BCUT2D eigenvalue weighted by Gasteiger charge is -1.98. The zero-order chi connectivity index (χ0) is 15.1. The molecule has 4 nitrogen and oxygen atoms in total. The van der Waals surface area contributed by atoms with Crippen molar-refractivity contribution in [2.45, 2.75) is 33.1 Å². The van der Waals surface area contributed by atoms with Crippen molar-refractivity contribution < 1.29 is 4.79 Å². The number of nitrogens with one attached hydrogen (secondary N) is 2. The molecule has 1 aromatic heterocycles. The molecule has 4 heteroatoms. The molecule has 0 aliphatic rings. The minimum atomic E-state index is -0.177. The Morgan fingerprint density at radius 2 is 2.05 bits per heavy atom. The molecular formula is C17H21N3O. The predicted octanol–water partition coefficient (Wildman–Crippen LogP) is 3.58. The fourth-order valence-electron chi connectivity index (χ4n) is 2.03. The molecule has 1 heterocycles. The zero-order valence-electron chi connectivity index (χ0n) is 12.5. The van der Waals surface area contributed by atoms with Gasteiger partial charge < -0.3 is 5.32 Å². The normalized spacial score (nSPS) is 11.0. The Balaban J connectivity index is 1.91. The highest BCUT2D eigenvalue weighted by Crippen LogP contribution is 2.09. The summed E-state index contributed by atoms with van der Waals surface area (Å²) < 4.78 is 0. The van der Waals surface area contributed by atoms with Crippen LogP contribution in [0.3, 0.4) is 0 Å². The van der Waals surface area contributed by atoms with Gasteiger partial charge in [0, 0.05) is 17.8 Å². The van der Waals surface area contributed by atoms with Crippen LogP contribution in [0.15, 0.2) is 36.4 Å². The molecule has 110 valence electrons. The van der Waals surface area contributed by atoms with Crippen molar-refractivity contribution in [2.75, 3.05) is 5.32 Å². The average molecular weight is 283 g/mol. The summed E-state index contributed by atoms with van der Waals surface area (Å²) in [6.07, 6.45) is 6.32. The molecule has 1 amide bonds. The van der Waals surface area contributed by atoms with Gasteiger partial charge in [-0.15, -0.1) is 0 Å². The van der Waals surface area contributed by atoms with E-state index >= 15 is 0 Å². The van der Waals surface area contributed by atoms with E-state index in [1.165, 1.54) is 11.6 Å². The molecule has 2 aromatic rings. The Bertz CT molecular complexity index is 611. The Morgan fingerprint density at radius 1 is 1.29 bits per heavy atom. The number of rotatable bonds is 6. The van der Waals surface area contributed by atoms with Gasteiger partial charge in [0.1, 0.15) is 0 Å². The topological polar surface area (TPSA) is 57.8 Å². The van der Waals surface area contributed by atoms with Crippen molar-refractivity contribution in [3.8, 4) is 0 Å². The van der Waals surface area contributed by atoms with Crippen molar-refractivity contribution in [1.29, 1.82) is 0 Å². The first-order valence-corrected chi connectivity index (χ1v) is 7.33. The number of anilines is 1. The number of aromatic nitrogens is 2. The van der Waals surface area contributed by atoms with Crippen LogP contribution in [0, 0.1) is 0 Å². The highest BCUT2D eigenvalue weighted by atomic mass is 16.1. The van der Waals surface area contributed by atoms with E-state index in [-0.39, 0.29) is 5.91 Å². The summed E-state index contributed by atoms with van der Waals surface area (Å²) in [4.78, 5) is 11.8. The quantitative estimate of drug-likeness (QED) is 0.796. The van der Waals surface area contributed by atoms with E-state index < -0.39 is 0 Å². The van der Waals surface area contributed by atoms with Gasteiger partial charge in [-0.2, -0.15) is 5.10 Å². The van der Waals surface area contributed by atoms with Gasteiger partial charge >= 0.3 is 0 Å². The standard InChI is InChI=1S/C17H21N3O/c1-3-5-15-12-16(20-19-15)18-17(21)11-10-14-8-6-13(4-2)7-9-14/h6-12H,3-5H2,1-2H3,(H2,18,19,20,21)/b11-10+. The first-order chi connectivity index (χ1) is 10.2. The Morgan fingerprint density at radius 3 is 2.71 bits per heavy atom. The third-order valence-electron chi connectivity index (χ3n) is 3.22. The summed E-state index contributed by atoms with van der Waals surface area (Å²) in [5.74, 6) is 0.388. The summed E-state index contributed by atoms with van der Waals surface area (Å²) in [5.41, 5.74) is 3.33. The smallest absolute Gasteiger partial charge is 0.249 e. The van der Waals surface area contributed by atoms with E-state index in [0.717, 1.165) is 30.5 Å². The Labute approximate surface area is 125 Å². The number of aromatic amines is 1. The molecule has 0 bridgehead atoms. The summed E-state index contributed by atoms with van der Waals surface area (Å²) in [7, 11) is 0. The first-order valence-electron chi connectivity index (χ1n) is 7.33. The lowest BCUT2D eigenvalue weighted by Crippen LogP contribution is -2.07. The molecule has 2 rings (SSSR count). The lowest BCUT2D eigenvalue weighted by atomic mass is 10.1. The molecule has 0 aliphatic carbocycles. The van der Waals surface area contributed by atoms with Gasteiger partial charge in [-0.05, 0) is 30.0 Å². The molecule has 0 radical (unpaired) electrons. The van der Waals surface area contributed by atoms with Crippen molar-refractivity contribution in [2.24, 2.45) is 0 Å². The van der Waals surface area contributed by atoms with Crippen LogP contribution in [0.5, 0.6) is 0 Å². The molecule has 0 aliphatic heterocycles. The maximum absolute atomic E-state index is 11.8. The second-order valence-corrected chi connectivity index (χ2v) is 4.95. The first kappa shape index (κ1) is 15.0. The number of H-pyrrole nitrogens is 1. The maximum Gasteiger partial charge on any atom is 0.249 e. The van der Waals surface area contributed by atoms with Crippen LogP contribution in [0.1, 0.15) is 37.1 Å². The second-order valence-electron chi connectivity index (χ2n) is 4.95.